The molecule has 1 saturated heterocycles. The van der Waals surface area contributed by atoms with Crippen molar-refractivity contribution in [3.05, 3.63) is 12.7 Å². The van der Waals surface area contributed by atoms with Gasteiger partial charge in [0.2, 0.25) is 0 Å². The van der Waals surface area contributed by atoms with Crippen LogP contribution in [-0.4, -0.2) is 59.3 Å². The molecule has 1 fully saturated rings. The van der Waals surface area contributed by atoms with E-state index in [1.807, 2.05) is 0 Å². The minimum atomic E-state index is -1.21. The SMILES string of the molecule is C[C@H](O)[C@@H]1O[C@H](n2cnc3c(N)ncnc32)[C@@H](O)[C@@H]1O. The van der Waals surface area contributed by atoms with E-state index in [0.29, 0.717) is 11.2 Å². The van der Waals surface area contributed by atoms with E-state index < -0.39 is 30.6 Å². The predicted octanol–water partition coefficient (Wildman–Crippen LogP) is -1.59. The van der Waals surface area contributed by atoms with Crippen LogP contribution in [0, 0.1) is 0 Å². The summed E-state index contributed by atoms with van der Waals surface area (Å²) in [5.41, 5.74) is 6.46. The lowest BCUT2D eigenvalue weighted by atomic mass is 10.1. The van der Waals surface area contributed by atoms with Gasteiger partial charge in [0.05, 0.1) is 12.4 Å². The molecule has 3 rings (SSSR count). The van der Waals surface area contributed by atoms with Crippen molar-refractivity contribution in [2.24, 2.45) is 0 Å². The fraction of sp³-hybridized carbons (Fsp3) is 0.545. The summed E-state index contributed by atoms with van der Waals surface area (Å²) in [6.07, 6.45) is -2.42. The molecule has 9 heteroatoms. The number of fused-ring (bicyclic) bond motifs is 1. The van der Waals surface area contributed by atoms with Gasteiger partial charge >= 0.3 is 0 Å². The lowest BCUT2D eigenvalue weighted by Gasteiger charge is -2.17. The first-order valence-electron chi connectivity index (χ1n) is 6.13. The highest BCUT2D eigenvalue weighted by Crippen LogP contribution is 2.33. The Kier molecular flexibility index (Phi) is 3.05. The fourth-order valence-corrected chi connectivity index (χ4v) is 2.37. The lowest BCUT2D eigenvalue weighted by Crippen LogP contribution is -2.37. The highest BCUT2D eigenvalue weighted by molar-refractivity contribution is 5.81. The van der Waals surface area contributed by atoms with Crippen molar-refractivity contribution in [1.29, 1.82) is 0 Å². The second kappa shape index (κ2) is 4.63. The zero-order valence-corrected chi connectivity index (χ0v) is 10.7. The van der Waals surface area contributed by atoms with Crippen molar-refractivity contribution in [3.8, 4) is 0 Å². The minimum absolute atomic E-state index is 0.217. The highest BCUT2D eigenvalue weighted by atomic mass is 16.6. The number of aliphatic hydroxyl groups excluding tert-OH is 3. The van der Waals surface area contributed by atoms with Crippen molar-refractivity contribution in [2.75, 3.05) is 5.73 Å². The quantitative estimate of drug-likeness (QED) is 0.516. The molecule has 1 aliphatic rings. The van der Waals surface area contributed by atoms with E-state index in [4.69, 9.17) is 10.5 Å². The Bertz CT molecular complexity index is 630. The van der Waals surface area contributed by atoms with Crippen LogP contribution in [0.1, 0.15) is 13.2 Å². The Morgan fingerprint density at radius 2 is 2.05 bits per heavy atom. The number of hydrogen-bond donors (Lipinski definition) is 4. The number of ether oxygens (including phenoxy) is 1. The number of rotatable bonds is 2. The van der Waals surface area contributed by atoms with Crippen LogP contribution in [0.5, 0.6) is 0 Å². The zero-order chi connectivity index (χ0) is 14.4. The van der Waals surface area contributed by atoms with Crippen LogP contribution in [0.2, 0.25) is 0 Å². The van der Waals surface area contributed by atoms with Gasteiger partial charge in [0.1, 0.15) is 30.2 Å². The second-order valence-corrected chi connectivity index (χ2v) is 4.80. The predicted molar refractivity (Wildman–Crippen MR) is 67.3 cm³/mol. The maximum absolute atomic E-state index is 10.1. The van der Waals surface area contributed by atoms with E-state index in [2.05, 4.69) is 15.0 Å². The molecule has 0 aromatic carbocycles. The molecule has 5 N–H and O–H groups in total. The number of anilines is 1. The third kappa shape index (κ3) is 1.83. The number of imidazole rings is 1. The average molecular weight is 281 g/mol. The molecule has 0 bridgehead atoms. The minimum Gasteiger partial charge on any atom is -0.391 e. The number of aliphatic hydroxyl groups is 3. The van der Waals surface area contributed by atoms with Gasteiger partial charge in [-0.1, -0.05) is 0 Å². The van der Waals surface area contributed by atoms with Crippen LogP contribution in [0.15, 0.2) is 12.7 Å². The highest BCUT2D eigenvalue weighted by Gasteiger charge is 2.46. The number of aromatic nitrogens is 4. The van der Waals surface area contributed by atoms with E-state index in [0.717, 1.165) is 0 Å². The van der Waals surface area contributed by atoms with Crippen LogP contribution in [0.25, 0.3) is 11.2 Å². The Balaban J connectivity index is 2.02. The monoisotopic (exact) mass is 281 g/mol. The topological polar surface area (TPSA) is 140 Å². The molecule has 0 unspecified atom stereocenters. The zero-order valence-electron chi connectivity index (χ0n) is 10.7. The molecular formula is C11H15N5O4. The molecule has 9 nitrogen and oxygen atoms in total. The third-order valence-corrected chi connectivity index (χ3v) is 3.41. The van der Waals surface area contributed by atoms with Gasteiger partial charge in [0.15, 0.2) is 17.7 Å². The van der Waals surface area contributed by atoms with Gasteiger partial charge in [-0.05, 0) is 6.92 Å². The molecular weight excluding hydrogens is 266 g/mol. The third-order valence-electron chi connectivity index (χ3n) is 3.41. The van der Waals surface area contributed by atoms with Gasteiger partial charge in [0.25, 0.3) is 0 Å². The summed E-state index contributed by atoms with van der Waals surface area (Å²) in [5.74, 6) is 0.217. The second-order valence-electron chi connectivity index (χ2n) is 4.80. The maximum Gasteiger partial charge on any atom is 0.167 e. The summed E-state index contributed by atoms with van der Waals surface area (Å²) in [7, 11) is 0. The fourth-order valence-electron chi connectivity index (χ4n) is 2.37. The van der Waals surface area contributed by atoms with Gasteiger partial charge in [-0.3, -0.25) is 4.57 Å². The molecule has 20 heavy (non-hydrogen) atoms. The van der Waals surface area contributed by atoms with Crippen molar-refractivity contribution < 1.29 is 20.1 Å². The largest absolute Gasteiger partial charge is 0.391 e. The number of nitrogen functional groups attached to an aromatic ring is 1. The standard InChI is InChI=1S/C11H15N5O4/c1-4(17)8-6(18)7(19)11(20-8)16-3-15-5-9(12)13-2-14-10(5)16/h2-4,6-8,11,17-19H,1H3,(H2,12,13,14)/t4-,6-,7-,8-,11-/m0/s1. The summed E-state index contributed by atoms with van der Waals surface area (Å²) in [6, 6.07) is 0. The van der Waals surface area contributed by atoms with Gasteiger partial charge in [0, 0.05) is 0 Å². The summed E-state index contributed by atoms with van der Waals surface area (Å²) in [5, 5.41) is 29.5. The molecule has 0 aliphatic carbocycles. The van der Waals surface area contributed by atoms with Crippen LogP contribution in [0.3, 0.4) is 0 Å². The average Bonchev–Trinajstić information content (AvgIpc) is 2.94. The Morgan fingerprint density at radius 1 is 1.30 bits per heavy atom. The summed E-state index contributed by atoms with van der Waals surface area (Å²) >= 11 is 0. The first-order chi connectivity index (χ1) is 9.50. The van der Waals surface area contributed by atoms with Crippen LogP contribution >= 0.6 is 0 Å². The van der Waals surface area contributed by atoms with Crippen LogP contribution in [0.4, 0.5) is 5.82 Å². The number of nitrogens with zero attached hydrogens (tertiary/aromatic N) is 4. The molecule has 0 amide bonds. The van der Waals surface area contributed by atoms with Gasteiger partial charge in [-0.2, -0.15) is 0 Å². The van der Waals surface area contributed by atoms with Crippen molar-refractivity contribution in [3.63, 3.8) is 0 Å². The molecule has 3 heterocycles. The molecule has 0 saturated carbocycles. The van der Waals surface area contributed by atoms with Crippen molar-refractivity contribution in [2.45, 2.75) is 37.6 Å². The summed E-state index contributed by atoms with van der Waals surface area (Å²) in [6.45, 7) is 1.48. The van der Waals surface area contributed by atoms with Gasteiger partial charge in [-0.15, -0.1) is 0 Å². The number of nitrogens with two attached hydrogens (primary N) is 1. The van der Waals surface area contributed by atoms with Crippen molar-refractivity contribution in [1.82, 2.24) is 19.5 Å². The molecule has 5 atom stereocenters. The molecule has 2 aromatic rings. The van der Waals surface area contributed by atoms with Crippen LogP contribution in [-0.2, 0) is 4.74 Å². The Hall–Kier alpha value is -1.81. The normalized spacial score (nSPS) is 31.8. The molecule has 0 spiro atoms. The molecule has 108 valence electrons. The van der Waals surface area contributed by atoms with E-state index >= 15 is 0 Å². The van der Waals surface area contributed by atoms with E-state index in [9.17, 15) is 15.3 Å². The summed E-state index contributed by atoms with van der Waals surface area (Å²) < 4.78 is 6.97. The summed E-state index contributed by atoms with van der Waals surface area (Å²) in [4.78, 5) is 11.9. The first kappa shape index (κ1) is 13.2. The lowest BCUT2D eigenvalue weighted by molar-refractivity contribution is -0.0777. The van der Waals surface area contributed by atoms with E-state index in [1.54, 1.807) is 0 Å². The van der Waals surface area contributed by atoms with Crippen molar-refractivity contribution >= 4 is 17.0 Å². The maximum atomic E-state index is 10.1. The molecule has 1 aliphatic heterocycles. The Labute approximate surface area is 113 Å². The molecule has 2 aromatic heterocycles. The van der Waals surface area contributed by atoms with Crippen LogP contribution < -0.4 is 5.73 Å². The van der Waals surface area contributed by atoms with E-state index in [1.165, 1.54) is 24.1 Å². The Morgan fingerprint density at radius 3 is 2.70 bits per heavy atom. The number of hydrogen-bond acceptors (Lipinski definition) is 8. The molecule has 0 radical (unpaired) electrons. The first-order valence-corrected chi connectivity index (χ1v) is 6.13. The van der Waals surface area contributed by atoms with E-state index in [-0.39, 0.29) is 5.82 Å². The smallest absolute Gasteiger partial charge is 0.167 e. The van der Waals surface area contributed by atoms with Gasteiger partial charge in [-0.25, -0.2) is 15.0 Å². The van der Waals surface area contributed by atoms with Gasteiger partial charge < -0.3 is 25.8 Å².